The number of hydrogen-bond acceptors (Lipinski definition) is 4. The molecule has 96 valence electrons. The van der Waals surface area contributed by atoms with E-state index in [0.29, 0.717) is 0 Å². The second kappa shape index (κ2) is 4.61. The molecule has 2 heterocycles. The van der Waals surface area contributed by atoms with Crippen molar-refractivity contribution in [2.75, 3.05) is 0 Å². The van der Waals surface area contributed by atoms with Gasteiger partial charge in [-0.2, -0.15) is 5.10 Å². The number of fused-ring (bicyclic) bond motifs is 2. The van der Waals surface area contributed by atoms with Crippen LogP contribution in [0.25, 0.3) is 21.9 Å². The van der Waals surface area contributed by atoms with Crippen LogP contribution >= 0.6 is 11.8 Å². The van der Waals surface area contributed by atoms with Gasteiger partial charge < -0.3 is 0 Å². The molecule has 0 unspecified atom stereocenters. The molecule has 20 heavy (non-hydrogen) atoms. The van der Waals surface area contributed by atoms with E-state index in [1.165, 1.54) is 0 Å². The minimum absolute atomic E-state index is 0.874. The zero-order chi connectivity index (χ0) is 13.4. The first kappa shape index (κ1) is 11.4. The smallest absolute Gasteiger partial charge is 0.120 e. The Kier molecular flexibility index (Phi) is 2.63. The van der Waals surface area contributed by atoms with Gasteiger partial charge in [0.05, 0.1) is 28.9 Å². The van der Waals surface area contributed by atoms with Gasteiger partial charge in [-0.15, -0.1) is 0 Å². The third kappa shape index (κ3) is 2.02. The van der Waals surface area contributed by atoms with Crippen LogP contribution < -0.4 is 0 Å². The van der Waals surface area contributed by atoms with Crippen molar-refractivity contribution >= 4 is 33.7 Å². The van der Waals surface area contributed by atoms with Gasteiger partial charge in [0.2, 0.25) is 0 Å². The van der Waals surface area contributed by atoms with E-state index in [1.807, 2.05) is 36.5 Å². The van der Waals surface area contributed by atoms with E-state index in [-0.39, 0.29) is 0 Å². The highest BCUT2D eigenvalue weighted by molar-refractivity contribution is 7.99. The van der Waals surface area contributed by atoms with E-state index < -0.39 is 0 Å². The molecule has 0 fully saturated rings. The molecule has 0 aliphatic rings. The molecule has 0 amide bonds. The summed E-state index contributed by atoms with van der Waals surface area (Å²) in [5, 5.41) is 8.92. The summed E-state index contributed by atoms with van der Waals surface area (Å²) in [5.41, 5.74) is 2.74. The van der Waals surface area contributed by atoms with Crippen LogP contribution in [0.1, 0.15) is 0 Å². The number of nitrogens with one attached hydrogen (secondary N) is 1. The summed E-state index contributed by atoms with van der Waals surface area (Å²) in [6, 6.07) is 14.2. The fourth-order valence-corrected chi connectivity index (χ4v) is 2.88. The predicted octanol–water partition coefficient (Wildman–Crippen LogP) is 3.66. The zero-order valence-electron chi connectivity index (χ0n) is 10.4. The molecular formula is C15H10N4S. The van der Waals surface area contributed by atoms with Gasteiger partial charge in [0.15, 0.2) is 0 Å². The second-order valence-electron chi connectivity index (χ2n) is 4.42. The van der Waals surface area contributed by atoms with Crippen molar-refractivity contribution in [1.82, 2.24) is 20.2 Å². The molecule has 4 nitrogen and oxygen atoms in total. The van der Waals surface area contributed by atoms with Gasteiger partial charge >= 0.3 is 0 Å². The van der Waals surface area contributed by atoms with Crippen molar-refractivity contribution in [3.63, 3.8) is 0 Å². The number of aromatic nitrogens is 4. The van der Waals surface area contributed by atoms with E-state index >= 15 is 0 Å². The number of rotatable bonds is 2. The van der Waals surface area contributed by atoms with E-state index in [2.05, 4.69) is 32.3 Å². The number of hydrogen-bond donors (Lipinski definition) is 1. The largest absolute Gasteiger partial charge is 0.278 e. The molecule has 5 heteroatoms. The van der Waals surface area contributed by atoms with Crippen molar-refractivity contribution in [1.29, 1.82) is 0 Å². The maximum Gasteiger partial charge on any atom is 0.120 e. The number of benzene rings is 2. The molecular weight excluding hydrogens is 268 g/mol. The summed E-state index contributed by atoms with van der Waals surface area (Å²) in [7, 11) is 0. The summed E-state index contributed by atoms with van der Waals surface area (Å²) in [4.78, 5) is 10.3. The topological polar surface area (TPSA) is 54.5 Å². The third-order valence-electron chi connectivity index (χ3n) is 3.05. The van der Waals surface area contributed by atoms with Gasteiger partial charge in [0.25, 0.3) is 0 Å². The molecule has 4 aromatic rings. The highest BCUT2D eigenvalue weighted by atomic mass is 32.2. The van der Waals surface area contributed by atoms with Gasteiger partial charge in [0.1, 0.15) is 5.03 Å². The quantitative estimate of drug-likeness (QED) is 0.608. The molecule has 2 aromatic heterocycles. The van der Waals surface area contributed by atoms with Crippen LogP contribution in [0.4, 0.5) is 0 Å². The Labute approximate surface area is 119 Å². The van der Waals surface area contributed by atoms with Gasteiger partial charge in [-0.25, -0.2) is 4.98 Å². The minimum atomic E-state index is 0.874. The van der Waals surface area contributed by atoms with E-state index in [1.54, 1.807) is 18.0 Å². The standard InChI is InChI=1S/C15H10N4S/c1-2-4-11(5-3-1)20-15-9-16-13-7-12-10(8-17-19-12)6-14(13)18-15/h1-9H,(H,17,19). The first-order valence-electron chi connectivity index (χ1n) is 6.21. The number of nitrogens with zero attached hydrogens (tertiary/aromatic N) is 3. The van der Waals surface area contributed by atoms with E-state index in [0.717, 1.165) is 31.9 Å². The van der Waals surface area contributed by atoms with Crippen molar-refractivity contribution < 1.29 is 0 Å². The Morgan fingerprint density at radius 1 is 0.950 bits per heavy atom. The summed E-state index contributed by atoms with van der Waals surface area (Å²) >= 11 is 1.61. The molecule has 2 aromatic carbocycles. The number of aromatic amines is 1. The maximum absolute atomic E-state index is 4.66. The van der Waals surface area contributed by atoms with Gasteiger partial charge in [-0.1, -0.05) is 30.0 Å². The van der Waals surface area contributed by atoms with Crippen LogP contribution in [-0.4, -0.2) is 20.2 Å². The highest BCUT2D eigenvalue weighted by Gasteiger charge is 2.05. The Bertz CT molecular complexity index is 886. The summed E-state index contributed by atoms with van der Waals surface area (Å²) in [6.07, 6.45) is 3.61. The highest BCUT2D eigenvalue weighted by Crippen LogP contribution is 2.27. The number of H-pyrrole nitrogens is 1. The normalized spacial score (nSPS) is 11.2. The summed E-state index contributed by atoms with van der Waals surface area (Å²) in [5.74, 6) is 0. The van der Waals surface area contributed by atoms with Gasteiger partial charge in [-0.3, -0.25) is 10.1 Å². The fourth-order valence-electron chi connectivity index (χ4n) is 2.09. The molecule has 0 spiro atoms. The van der Waals surface area contributed by atoms with Crippen molar-refractivity contribution in [2.24, 2.45) is 0 Å². The third-order valence-corrected chi connectivity index (χ3v) is 3.96. The lowest BCUT2D eigenvalue weighted by molar-refractivity contribution is 1.11. The van der Waals surface area contributed by atoms with E-state index in [9.17, 15) is 0 Å². The van der Waals surface area contributed by atoms with Gasteiger partial charge in [-0.05, 0) is 24.3 Å². The second-order valence-corrected chi connectivity index (χ2v) is 5.52. The van der Waals surface area contributed by atoms with Crippen LogP contribution in [0.3, 0.4) is 0 Å². The minimum Gasteiger partial charge on any atom is -0.278 e. The van der Waals surface area contributed by atoms with Crippen LogP contribution in [0, 0.1) is 0 Å². The monoisotopic (exact) mass is 278 g/mol. The Morgan fingerprint density at radius 2 is 1.85 bits per heavy atom. The Hall–Kier alpha value is -2.40. The van der Waals surface area contributed by atoms with Crippen LogP contribution in [0.2, 0.25) is 0 Å². The predicted molar refractivity (Wildman–Crippen MR) is 79.8 cm³/mol. The molecule has 4 rings (SSSR count). The Morgan fingerprint density at radius 3 is 2.75 bits per heavy atom. The van der Waals surface area contributed by atoms with Crippen molar-refractivity contribution in [3.05, 3.63) is 54.9 Å². The first-order valence-corrected chi connectivity index (χ1v) is 7.03. The molecule has 0 saturated heterocycles. The Balaban J connectivity index is 1.79. The first-order chi connectivity index (χ1) is 9.88. The summed E-state index contributed by atoms with van der Waals surface area (Å²) < 4.78 is 0. The van der Waals surface area contributed by atoms with Crippen molar-refractivity contribution in [2.45, 2.75) is 9.92 Å². The molecule has 0 atom stereocenters. The lowest BCUT2D eigenvalue weighted by Crippen LogP contribution is -1.87. The summed E-state index contributed by atoms with van der Waals surface area (Å²) in [6.45, 7) is 0. The van der Waals surface area contributed by atoms with Gasteiger partial charge in [0, 0.05) is 10.3 Å². The SMILES string of the molecule is c1ccc(Sc2cnc3cc4[nH]ncc4cc3n2)cc1. The molecule has 0 radical (unpaired) electrons. The average molecular weight is 278 g/mol. The van der Waals surface area contributed by atoms with E-state index in [4.69, 9.17) is 0 Å². The fraction of sp³-hybridized carbons (Fsp3) is 0. The zero-order valence-corrected chi connectivity index (χ0v) is 11.3. The van der Waals surface area contributed by atoms with Crippen LogP contribution in [-0.2, 0) is 0 Å². The molecule has 1 N–H and O–H groups in total. The lowest BCUT2D eigenvalue weighted by Gasteiger charge is -2.02. The van der Waals surface area contributed by atoms with Crippen molar-refractivity contribution in [3.8, 4) is 0 Å². The van der Waals surface area contributed by atoms with Crippen LogP contribution in [0.5, 0.6) is 0 Å². The molecule has 0 saturated carbocycles. The van der Waals surface area contributed by atoms with Crippen LogP contribution in [0.15, 0.2) is 64.8 Å². The maximum atomic E-state index is 4.66. The molecule has 0 aliphatic carbocycles. The lowest BCUT2D eigenvalue weighted by atomic mass is 10.2. The molecule has 0 bridgehead atoms. The average Bonchev–Trinajstić information content (AvgIpc) is 2.93. The molecule has 0 aliphatic heterocycles.